The number of nitriles is 2. The molecule has 12 heteroatoms. The highest BCUT2D eigenvalue weighted by atomic mass is 35.5. The number of likely N-dealkylation sites (tertiary alicyclic amines) is 1. The Kier molecular flexibility index (Phi) is 9.14. The van der Waals surface area contributed by atoms with Gasteiger partial charge in [0.25, 0.3) is 0 Å². The zero-order valence-electron chi connectivity index (χ0n) is 25.7. The number of benzene rings is 2. The van der Waals surface area contributed by atoms with Crippen LogP contribution in [0.3, 0.4) is 0 Å². The number of fused-ring (bicyclic) bond motifs is 2. The average molecular weight is 661 g/mol. The number of piperazine rings is 1. The van der Waals surface area contributed by atoms with Crippen molar-refractivity contribution in [1.29, 1.82) is 10.5 Å². The maximum absolute atomic E-state index is 16.3. The highest BCUT2D eigenvalue weighted by molar-refractivity contribution is 6.36. The van der Waals surface area contributed by atoms with E-state index in [1.807, 2.05) is 9.80 Å². The Balaban J connectivity index is 1.43. The smallest absolute Gasteiger partial charge is 0.246 e. The Morgan fingerprint density at radius 2 is 1.98 bits per heavy atom. The number of ether oxygens (including phenoxy) is 1. The van der Waals surface area contributed by atoms with Gasteiger partial charge in [0.1, 0.15) is 36.1 Å². The summed E-state index contributed by atoms with van der Waals surface area (Å²) in [5.41, 5.74) is 1.14. The molecule has 4 aliphatic rings. The zero-order valence-corrected chi connectivity index (χ0v) is 26.4. The molecule has 0 radical (unpaired) electrons. The quantitative estimate of drug-likeness (QED) is 0.368. The normalized spacial score (nSPS) is 26.2. The monoisotopic (exact) mass is 660 g/mol. The molecule has 1 aliphatic carbocycles. The molecule has 0 saturated carbocycles. The van der Waals surface area contributed by atoms with E-state index >= 15 is 4.39 Å². The predicted octanol–water partition coefficient (Wildman–Crippen LogP) is 5.73. The highest BCUT2D eigenvalue weighted by Crippen LogP contribution is 2.44. The number of allylic oxidation sites excluding steroid dienone is 2. The first-order chi connectivity index (χ1) is 22.6. The summed E-state index contributed by atoms with van der Waals surface area (Å²) in [7, 11) is 1.81. The molecule has 8 nitrogen and oxygen atoms in total. The van der Waals surface area contributed by atoms with Gasteiger partial charge in [0, 0.05) is 54.8 Å². The third kappa shape index (κ3) is 6.02. The van der Waals surface area contributed by atoms with Crippen molar-refractivity contribution < 1.29 is 22.7 Å². The third-order valence-electron chi connectivity index (χ3n) is 9.34. The number of dihydropyridines is 1. The van der Waals surface area contributed by atoms with Crippen molar-refractivity contribution >= 4 is 39.8 Å². The summed E-state index contributed by atoms with van der Waals surface area (Å²) in [6, 6.07) is 10.9. The van der Waals surface area contributed by atoms with E-state index in [1.54, 1.807) is 42.3 Å². The molecule has 3 heterocycles. The van der Waals surface area contributed by atoms with E-state index in [9.17, 15) is 24.1 Å². The molecule has 1 amide bonds. The molecule has 0 N–H and O–H groups in total. The van der Waals surface area contributed by atoms with Crippen LogP contribution in [0, 0.1) is 34.4 Å². The molecular formula is C35H32ClF3N6O2. The first-order valence-electron chi connectivity index (χ1n) is 15.4. The molecule has 0 spiro atoms. The number of carbonyl (C=O) groups is 1. The van der Waals surface area contributed by atoms with Gasteiger partial charge in [0.15, 0.2) is 0 Å². The summed E-state index contributed by atoms with van der Waals surface area (Å²) in [5.74, 6) is -2.20. The van der Waals surface area contributed by atoms with Crippen LogP contribution in [-0.4, -0.2) is 90.6 Å². The van der Waals surface area contributed by atoms with E-state index in [2.05, 4.69) is 18.7 Å². The van der Waals surface area contributed by atoms with Crippen molar-refractivity contribution in [3.8, 4) is 12.1 Å². The number of alkyl halides is 1. The fourth-order valence-corrected chi connectivity index (χ4v) is 7.29. The predicted molar refractivity (Wildman–Crippen MR) is 173 cm³/mol. The molecule has 0 aromatic heterocycles. The summed E-state index contributed by atoms with van der Waals surface area (Å²) in [4.78, 5) is 22.7. The molecule has 242 valence electrons. The van der Waals surface area contributed by atoms with E-state index in [-0.39, 0.29) is 73.1 Å². The van der Waals surface area contributed by atoms with Crippen molar-refractivity contribution in [3.05, 3.63) is 88.6 Å². The molecule has 2 saturated heterocycles. The molecular weight excluding hydrogens is 629 g/mol. The van der Waals surface area contributed by atoms with Crippen LogP contribution in [0.5, 0.6) is 0 Å². The van der Waals surface area contributed by atoms with Crippen LogP contribution in [0.15, 0.2) is 77.2 Å². The second-order valence-electron chi connectivity index (χ2n) is 12.1. The van der Waals surface area contributed by atoms with Crippen molar-refractivity contribution in [2.24, 2.45) is 10.9 Å². The summed E-state index contributed by atoms with van der Waals surface area (Å²) < 4.78 is 51.2. The molecule has 2 fully saturated rings. The third-order valence-corrected chi connectivity index (χ3v) is 9.70. The fraction of sp³-hybridized carbons (Fsp3) is 0.371. The lowest BCUT2D eigenvalue weighted by molar-refractivity contribution is -0.130. The Hall–Kier alpha value is -4.58. The first-order valence-corrected chi connectivity index (χ1v) is 15.7. The maximum atomic E-state index is 16.3. The van der Waals surface area contributed by atoms with Gasteiger partial charge >= 0.3 is 0 Å². The van der Waals surface area contributed by atoms with Gasteiger partial charge in [0.2, 0.25) is 11.8 Å². The maximum Gasteiger partial charge on any atom is 0.246 e. The van der Waals surface area contributed by atoms with Crippen molar-refractivity contribution in [2.45, 2.75) is 37.1 Å². The van der Waals surface area contributed by atoms with Crippen LogP contribution in [0.25, 0.3) is 16.3 Å². The summed E-state index contributed by atoms with van der Waals surface area (Å²) >= 11 is 6.40. The zero-order chi connectivity index (χ0) is 33.4. The minimum atomic E-state index is -0.992. The number of hydrogen-bond acceptors (Lipinski definition) is 7. The van der Waals surface area contributed by atoms with Gasteiger partial charge < -0.3 is 14.5 Å². The lowest BCUT2D eigenvalue weighted by Crippen LogP contribution is -2.55. The van der Waals surface area contributed by atoms with E-state index < -0.39 is 35.8 Å². The van der Waals surface area contributed by atoms with Crippen LogP contribution in [0.1, 0.15) is 18.4 Å². The molecule has 0 bridgehead atoms. The second kappa shape index (κ2) is 13.3. The van der Waals surface area contributed by atoms with Gasteiger partial charge in [-0.25, -0.2) is 18.2 Å². The molecule has 47 heavy (non-hydrogen) atoms. The van der Waals surface area contributed by atoms with E-state index in [0.29, 0.717) is 28.6 Å². The minimum Gasteiger partial charge on any atom is -0.475 e. The Bertz CT molecular complexity index is 1840. The molecule has 2 unspecified atom stereocenters. The van der Waals surface area contributed by atoms with Crippen LogP contribution in [-0.2, 0) is 9.53 Å². The summed E-state index contributed by atoms with van der Waals surface area (Å²) in [6.45, 7) is 4.70. The van der Waals surface area contributed by atoms with Crippen molar-refractivity contribution in [2.75, 3.05) is 39.8 Å². The average Bonchev–Trinajstić information content (AvgIpc) is 3.40. The number of aliphatic imine (C=N–C) groups is 1. The summed E-state index contributed by atoms with van der Waals surface area (Å²) in [6.07, 6.45) is 3.57. The summed E-state index contributed by atoms with van der Waals surface area (Å²) in [5, 5.41) is 20.9. The fourth-order valence-electron chi connectivity index (χ4n) is 7.01. The van der Waals surface area contributed by atoms with Gasteiger partial charge in [-0.15, -0.1) is 0 Å². The van der Waals surface area contributed by atoms with E-state index in [0.717, 1.165) is 0 Å². The second-order valence-corrected chi connectivity index (χ2v) is 12.5. The molecule has 6 rings (SSSR count). The first kappa shape index (κ1) is 32.4. The molecule has 2 aromatic rings. The van der Waals surface area contributed by atoms with E-state index in [4.69, 9.17) is 21.3 Å². The number of halogens is 4. The van der Waals surface area contributed by atoms with Crippen LogP contribution >= 0.6 is 11.6 Å². The number of likely N-dealkylation sites (N-methyl/N-ethyl adjacent to an activating group) is 1. The number of hydrogen-bond donors (Lipinski definition) is 0. The number of carbonyl (C=O) groups excluding carboxylic acids is 1. The largest absolute Gasteiger partial charge is 0.475 e. The van der Waals surface area contributed by atoms with Crippen LogP contribution < -0.4 is 0 Å². The van der Waals surface area contributed by atoms with Crippen molar-refractivity contribution in [3.63, 3.8) is 0 Å². The van der Waals surface area contributed by atoms with Gasteiger partial charge in [-0.05, 0) is 48.7 Å². The van der Waals surface area contributed by atoms with Crippen LogP contribution in [0.4, 0.5) is 13.2 Å². The Morgan fingerprint density at radius 1 is 1.17 bits per heavy atom. The van der Waals surface area contributed by atoms with Gasteiger partial charge in [-0.1, -0.05) is 42.4 Å². The van der Waals surface area contributed by atoms with Crippen molar-refractivity contribution in [1.82, 2.24) is 14.7 Å². The minimum absolute atomic E-state index is 0.0435. The van der Waals surface area contributed by atoms with Gasteiger partial charge in [0.05, 0.1) is 29.6 Å². The number of amides is 1. The van der Waals surface area contributed by atoms with Gasteiger partial charge in [-0.2, -0.15) is 10.5 Å². The topological polar surface area (TPSA) is 96.0 Å². The number of nitrogens with zero attached hydrogens (tertiary/aromatic N) is 6. The Labute approximate surface area is 275 Å². The lowest BCUT2D eigenvalue weighted by Gasteiger charge is -2.45. The lowest BCUT2D eigenvalue weighted by atomic mass is 9.81. The molecule has 2 aromatic carbocycles. The molecule has 3 aliphatic heterocycles. The van der Waals surface area contributed by atoms with E-state index in [1.165, 1.54) is 18.2 Å². The standard InChI is InChI=1S/C35H32ClF3N6O2/c1-3-31(46)45-12-11-44(18-22(45)9-10-40)34-26-14-29(39)25(24-6-4-5-20-7-8-28(38)33(36)32(20)24)15-30(26)42-35(27(34)16-41)47-19-23-13-21(37)17-43(23)2/h3-8,14-15,21-23,26,30H,1,9,11-13,17-19H2,2H3/t21-,22+,23+,26?,30?/m1/s1. The number of rotatable bonds is 6. The highest BCUT2D eigenvalue weighted by Gasteiger charge is 2.42. The van der Waals surface area contributed by atoms with Gasteiger partial charge in [-0.3, -0.25) is 9.69 Å². The SMILES string of the molecule is C=CC(=O)N1CCN(C2=C(C#N)C(OC[C@@H]3C[C@@H](F)CN3C)=NC3C=C(c4cccc5ccc(F)c(Cl)c45)C(F)=CC23)C[C@@H]1CC#N. The Morgan fingerprint density at radius 3 is 2.68 bits per heavy atom. The molecule has 5 atom stereocenters. The van der Waals surface area contributed by atoms with Crippen LogP contribution in [0.2, 0.25) is 5.02 Å².